The van der Waals surface area contributed by atoms with Crippen LogP contribution in [-0.2, 0) is 0 Å². The second-order valence-electron chi connectivity index (χ2n) is 0.742. The summed E-state index contributed by atoms with van der Waals surface area (Å²) in [6.07, 6.45) is 0. The Kier molecular flexibility index (Phi) is 2.16. The highest BCUT2D eigenvalue weighted by Gasteiger charge is 1.70. The summed E-state index contributed by atoms with van der Waals surface area (Å²) in [6, 6.07) is 0. The quantitative estimate of drug-likeness (QED) is 0.354. The fraction of sp³-hybridized carbons (Fsp3) is 0. The van der Waals surface area contributed by atoms with Gasteiger partial charge in [0.1, 0.15) is 0 Å². The number of rotatable bonds is 1. The van der Waals surface area contributed by atoms with Crippen molar-refractivity contribution in [3.63, 3.8) is 0 Å². The molecule has 19 valence electrons. The first-order valence-electron chi connectivity index (χ1n) is 1.26. The fourth-order valence-electron chi connectivity index (χ4n) is 0. The number of hydrogen-bond acceptors (Lipinski definition) is 0. The summed E-state index contributed by atoms with van der Waals surface area (Å²) in [4.78, 5) is 0. The first-order chi connectivity index (χ1) is 2.27. The number of hydrogen-bond donors (Lipinski definition) is 0. The van der Waals surface area contributed by atoms with Gasteiger partial charge in [-0.25, -0.2) is 0 Å². The molecule has 0 aliphatic rings. The van der Waals surface area contributed by atoms with E-state index in [4.69, 9.17) is 15.6 Å². The van der Waals surface area contributed by atoms with Crippen LogP contribution in [0, 0.1) is 0 Å². The Morgan fingerprint density at radius 1 is 1.80 bits per heavy atom. The summed E-state index contributed by atoms with van der Waals surface area (Å²) in [5.74, 6) is 0. The second kappa shape index (κ2) is 2.19. The average molecular weight is 58.5 g/mol. The van der Waals surface area contributed by atoms with Gasteiger partial charge in [0.05, 0.1) is 15.0 Å². The van der Waals surface area contributed by atoms with Gasteiger partial charge < -0.3 is 0 Å². The van der Waals surface area contributed by atoms with Crippen molar-refractivity contribution in [1.29, 1.82) is 0 Å². The monoisotopic (exact) mass is 59.0 g/mol. The summed E-state index contributed by atoms with van der Waals surface area (Å²) >= 11 is 0. The van der Waals surface area contributed by atoms with E-state index in [0.717, 1.165) is 0 Å². The molecule has 0 heterocycles. The van der Waals surface area contributed by atoms with Gasteiger partial charge >= 0.3 is 0 Å². The van der Waals surface area contributed by atoms with E-state index < -0.39 is 0 Å². The molecule has 0 atom stereocenters. The molecule has 0 saturated heterocycles. The Hall–Kier alpha value is -0.0652. The molecule has 0 aromatic carbocycles. The molecular formula is C2H2B3. The van der Waals surface area contributed by atoms with E-state index >= 15 is 0 Å². The van der Waals surface area contributed by atoms with Crippen molar-refractivity contribution in [2.75, 3.05) is 0 Å². The highest BCUT2D eigenvalue weighted by atomic mass is 13.3. The minimum absolute atomic E-state index is 0.407. The van der Waals surface area contributed by atoms with Gasteiger partial charge in [-0.3, -0.25) is 0 Å². The van der Waals surface area contributed by atoms with E-state index in [9.17, 15) is 0 Å². The van der Waals surface area contributed by atoms with E-state index in [1.54, 1.807) is 0 Å². The van der Waals surface area contributed by atoms with Gasteiger partial charge in [0.25, 0.3) is 0 Å². The highest BCUT2D eigenvalue weighted by molar-refractivity contribution is 6.98. The fourth-order valence-corrected chi connectivity index (χ4v) is 0. The van der Waals surface area contributed by atoms with Crippen molar-refractivity contribution in [2.24, 2.45) is 0 Å². The van der Waals surface area contributed by atoms with Crippen molar-refractivity contribution in [3.8, 4) is 0 Å². The Morgan fingerprint density at radius 3 is 2.00 bits per heavy atom. The van der Waals surface area contributed by atoms with Gasteiger partial charge in [-0.2, -0.15) is 5.37 Å². The molecule has 0 aliphatic carbocycles. The van der Waals surface area contributed by atoms with Gasteiger partial charge in [-0.05, 0) is 0 Å². The molecule has 0 nitrogen and oxygen atoms in total. The topological polar surface area (TPSA) is 0 Å². The third kappa shape index (κ3) is 3.93. The summed E-state index contributed by atoms with van der Waals surface area (Å²) in [5, 5.41) is 0.407. The van der Waals surface area contributed by atoms with Crippen molar-refractivity contribution in [1.82, 2.24) is 0 Å². The minimum Gasteiger partial charge on any atom is -0.169 e. The lowest BCUT2D eigenvalue weighted by Gasteiger charge is -1.78. The standard InChI is InChI=1S/C2H2B3/c1-2(3)5-4/h1H2. The molecule has 0 N–H and O–H groups in total. The lowest BCUT2D eigenvalue weighted by molar-refractivity contribution is 2.42. The smallest absolute Gasteiger partial charge is 0.0914 e. The Labute approximate surface area is 35.7 Å². The Balaban J connectivity index is 2.85. The largest absolute Gasteiger partial charge is 0.169 e. The summed E-state index contributed by atoms with van der Waals surface area (Å²) in [7, 11) is 11.0. The van der Waals surface area contributed by atoms with Crippen LogP contribution in [0.15, 0.2) is 12.0 Å². The molecular weight excluding hydrogens is 56.5 g/mol. The third-order valence-corrected chi connectivity index (χ3v) is 0.214. The zero-order chi connectivity index (χ0) is 4.28. The van der Waals surface area contributed by atoms with Crippen LogP contribution in [-0.4, -0.2) is 22.8 Å². The van der Waals surface area contributed by atoms with E-state index in [0.29, 0.717) is 5.37 Å². The van der Waals surface area contributed by atoms with Crippen molar-refractivity contribution < 1.29 is 0 Å². The van der Waals surface area contributed by atoms with Gasteiger partial charge in [0, 0.05) is 7.74 Å². The molecule has 0 spiro atoms. The van der Waals surface area contributed by atoms with Gasteiger partial charge in [-0.1, -0.05) is 0 Å². The van der Waals surface area contributed by atoms with E-state index in [1.165, 1.54) is 7.17 Å². The second-order valence-corrected chi connectivity index (χ2v) is 0.742. The summed E-state index contributed by atoms with van der Waals surface area (Å²) in [6.45, 7) is 3.27. The normalized spacial score (nSPS) is 6.40. The van der Waals surface area contributed by atoms with Crippen LogP contribution in [0.1, 0.15) is 0 Å². The van der Waals surface area contributed by atoms with Gasteiger partial charge in [-0.15, -0.1) is 6.58 Å². The maximum Gasteiger partial charge on any atom is 0.0914 e. The molecule has 0 aromatic rings. The SMILES string of the molecule is [B][B]C([B])=C. The molecule has 0 amide bonds. The molecule has 0 rings (SSSR count). The molecule has 0 aliphatic heterocycles. The van der Waals surface area contributed by atoms with Gasteiger partial charge in [0.2, 0.25) is 0 Å². The third-order valence-electron chi connectivity index (χ3n) is 0.214. The molecule has 0 fully saturated rings. The predicted octanol–water partition coefficient (Wildman–Crippen LogP) is -0.586. The summed E-state index contributed by atoms with van der Waals surface area (Å²) < 4.78 is 0. The highest BCUT2D eigenvalue weighted by Crippen LogP contribution is 1.64. The molecule has 0 bridgehead atoms. The van der Waals surface area contributed by atoms with Crippen LogP contribution in [0.4, 0.5) is 0 Å². The minimum atomic E-state index is 0.407. The Morgan fingerprint density at radius 2 is 2.00 bits per heavy atom. The van der Waals surface area contributed by atoms with Gasteiger partial charge in [0.15, 0.2) is 0 Å². The van der Waals surface area contributed by atoms with Crippen molar-refractivity contribution in [3.05, 3.63) is 12.0 Å². The average Bonchev–Trinajstić information content (AvgIpc) is 1.38. The van der Waals surface area contributed by atoms with Crippen LogP contribution in [0.5, 0.6) is 0 Å². The molecule has 5 radical (unpaired) electrons. The van der Waals surface area contributed by atoms with Crippen LogP contribution < -0.4 is 0 Å². The lowest BCUT2D eigenvalue weighted by atomic mass is 9.46. The van der Waals surface area contributed by atoms with Crippen LogP contribution in [0.25, 0.3) is 0 Å². The first kappa shape index (κ1) is 4.93. The van der Waals surface area contributed by atoms with Crippen molar-refractivity contribution in [2.45, 2.75) is 0 Å². The van der Waals surface area contributed by atoms with E-state index in [-0.39, 0.29) is 0 Å². The molecule has 5 heavy (non-hydrogen) atoms. The maximum atomic E-state index is 4.92. The molecule has 0 unspecified atom stereocenters. The molecule has 3 heteroatoms. The van der Waals surface area contributed by atoms with E-state index in [1.807, 2.05) is 0 Å². The summed E-state index contributed by atoms with van der Waals surface area (Å²) in [5.41, 5.74) is 0. The van der Waals surface area contributed by atoms with Crippen molar-refractivity contribution >= 4 is 22.8 Å². The zero-order valence-electron chi connectivity index (χ0n) is 2.94. The molecule has 0 aromatic heterocycles. The van der Waals surface area contributed by atoms with Crippen LogP contribution >= 0.6 is 0 Å². The Bertz CT molecular complexity index is 40.2. The zero-order valence-corrected chi connectivity index (χ0v) is 2.94. The van der Waals surface area contributed by atoms with E-state index in [2.05, 4.69) is 6.58 Å². The lowest BCUT2D eigenvalue weighted by Crippen LogP contribution is -1.90. The molecule has 0 saturated carbocycles. The van der Waals surface area contributed by atoms with Crippen LogP contribution in [0.2, 0.25) is 0 Å². The first-order valence-corrected chi connectivity index (χ1v) is 1.26. The maximum absolute atomic E-state index is 4.92. The van der Waals surface area contributed by atoms with Crippen LogP contribution in [0.3, 0.4) is 0 Å². The predicted molar refractivity (Wildman–Crippen MR) is 26.4 cm³/mol.